The summed E-state index contributed by atoms with van der Waals surface area (Å²) in [4.78, 5) is 0. The molecule has 0 aromatic carbocycles. The van der Waals surface area contributed by atoms with Gasteiger partial charge in [-0.2, -0.15) is 0 Å². The van der Waals surface area contributed by atoms with E-state index in [9.17, 15) is 0 Å². The van der Waals surface area contributed by atoms with Crippen LogP contribution in [0.1, 0.15) is 6.92 Å². The maximum atomic E-state index is 8.09. The van der Waals surface area contributed by atoms with Gasteiger partial charge in [0.15, 0.2) is 0 Å². The Morgan fingerprint density at radius 3 is 2.50 bits per heavy atom. The van der Waals surface area contributed by atoms with Crippen molar-refractivity contribution in [3.05, 3.63) is 11.8 Å². The Kier molecular flexibility index (Phi) is 2.95. The molecule has 0 aliphatic carbocycles. The second-order valence-electron chi connectivity index (χ2n) is 1.11. The first-order valence-corrected chi connectivity index (χ1v) is 2.20. The third-order valence-corrected chi connectivity index (χ3v) is 0.853. The molecule has 6 heavy (non-hydrogen) atoms. The number of halogens is 1. The first-order valence-electron chi connectivity index (χ1n) is 1.67. The van der Waals surface area contributed by atoms with Crippen molar-refractivity contribution in [2.24, 2.45) is 0 Å². The van der Waals surface area contributed by atoms with Crippen molar-refractivity contribution in [1.29, 1.82) is 0 Å². The summed E-state index contributed by atoms with van der Waals surface area (Å²) in [5.74, 6) is 0.413. The zero-order chi connectivity index (χ0) is 4.99. The van der Waals surface area contributed by atoms with Gasteiger partial charge in [-0.15, -0.1) is 11.6 Å². The van der Waals surface area contributed by atoms with Crippen LogP contribution >= 0.6 is 11.6 Å². The van der Waals surface area contributed by atoms with Crippen LogP contribution in [0.3, 0.4) is 0 Å². The molecule has 0 amide bonds. The van der Waals surface area contributed by atoms with Gasteiger partial charge in [0.25, 0.3) is 0 Å². The molecule has 36 valence electrons. The standard InChI is InChI=1S/C4H7ClO/c1-4(2-5)3-6/h3,6H,2H2,1H3/b4-3+. The smallest absolute Gasteiger partial charge is 0.0792 e. The Morgan fingerprint density at radius 1 is 2.00 bits per heavy atom. The van der Waals surface area contributed by atoms with E-state index in [4.69, 9.17) is 16.7 Å². The van der Waals surface area contributed by atoms with Crippen LogP contribution in [0.15, 0.2) is 11.8 Å². The van der Waals surface area contributed by atoms with Gasteiger partial charge in [0.2, 0.25) is 0 Å². The van der Waals surface area contributed by atoms with Gasteiger partial charge in [-0.05, 0) is 12.5 Å². The minimum absolute atomic E-state index is 0.413. The van der Waals surface area contributed by atoms with E-state index in [-0.39, 0.29) is 0 Å². The summed E-state index contributed by atoms with van der Waals surface area (Å²) in [5.41, 5.74) is 0.789. The molecule has 0 aliphatic rings. The maximum Gasteiger partial charge on any atom is 0.0792 e. The van der Waals surface area contributed by atoms with Crippen molar-refractivity contribution in [2.75, 3.05) is 5.88 Å². The summed E-state index contributed by atoms with van der Waals surface area (Å²) in [6.45, 7) is 1.76. The molecule has 0 unspecified atom stereocenters. The monoisotopic (exact) mass is 106 g/mol. The number of alkyl halides is 1. The van der Waals surface area contributed by atoms with E-state index in [1.54, 1.807) is 6.92 Å². The average Bonchev–Trinajstić information content (AvgIpc) is 1.65. The SMILES string of the molecule is C/C(=C\O)CCl. The van der Waals surface area contributed by atoms with E-state index in [1.807, 2.05) is 0 Å². The van der Waals surface area contributed by atoms with Crippen LogP contribution in [0.5, 0.6) is 0 Å². The number of hydrogen-bond donors (Lipinski definition) is 1. The molecule has 1 N–H and O–H groups in total. The summed E-state index contributed by atoms with van der Waals surface area (Å²) < 4.78 is 0. The Hall–Kier alpha value is -0.170. The third kappa shape index (κ3) is 2.09. The summed E-state index contributed by atoms with van der Waals surface area (Å²) in [6.07, 6.45) is 1.01. The molecule has 2 heteroatoms. The van der Waals surface area contributed by atoms with Crippen LogP contribution in [-0.4, -0.2) is 11.0 Å². The fourth-order valence-electron chi connectivity index (χ4n) is 0.0345. The number of aliphatic hydroxyl groups excluding tert-OH is 1. The molecule has 0 aromatic heterocycles. The lowest BCUT2D eigenvalue weighted by Crippen LogP contribution is -1.72. The van der Waals surface area contributed by atoms with Gasteiger partial charge in [0.05, 0.1) is 6.26 Å². The van der Waals surface area contributed by atoms with Gasteiger partial charge in [-0.25, -0.2) is 0 Å². The number of rotatable bonds is 1. The normalized spacial score (nSPS) is 12.0. The van der Waals surface area contributed by atoms with Crippen molar-refractivity contribution >= 4 is 11.6 Å². The van der Waals surface area contributed by atoms with Crippen molar-refractivity contribution in [2.45, 2.75) is 6.92 Å². The molecule has 0 fully saturated rings. The molecule has 0 spiro atoms. The van der Waals surface area contributed by atoms with Crippen LogP contribution in [0.4, 0.5) is 0 Å². The number of aliphatic hydroxyl groups is 1. The molecule has 0 aliphatic heterocycles. The second kappa shape index (κ2) is 3.04. The molecular formula is C4H7ClO. The quantitative estimate of drug-likeness (QED) is 0.398. The molecule has 0 saturated heterocycles. The van der Waals surface area contributed by atoms with Crippen molar-refractivity contribution in [3.8, 4) is 0 Å². The molecule has 0 saturated carbocycles. The van der Waals surface area contributed by atoms with E-state index in [0.717, 1.165) is 11.8 Å². The zero-order valence-electron chi connectivity index (χ0n) is 3.61. The highest BCUT2D eigenvalue weighted by Gasteiger charge is 1.77. The minimum Gasteiger partial charge on any atom is -0.516 e. The molecule has 0 aromatic rings. The van der Waals surface area contributed by atoms with Crippen molar-refractivity contribution in [1.82, 2.24) is 0 Å². The predicted octanol–water partition coefficient (Wildman–Crippen LogP) is 1.69. The highest BCUT2D eigenvalue weighted by Crippen LogP contribution is 1.90. The summed E-state index contributed by atoms with van der Waals surface area (Å²) in [7, 11) is 0. The van der Waals surface area contributed by atoms with Gasteiger partial charge in [-0.3, -0.25) is 0 Å². The molecule has 0 heterocycles. The molecule has 0 radical (unpaired) electrons. The fraction of sp³-hybridized carbons (Fsp3) is 0.500. The van der Waals surface area contributed by atoms with Crippen LogP contribution in [0.2, 0.25) is 0 Å². The van der Waals surface area contributed by atoms with Crippen LogP contribution < -0.4 is 0 Å². The van der Waals surface area contributed by atoms with Gasteiger partial charge < -0.3 is 5.11 Å². The lowest BCUT2D eigenvalue weighted by molar-refractivity contribution is 0.467. The lowest BCUT2D eigenvalue weighted by Gasteiger charge is -1.82. The van der Waals surface area contributed by atoms with Gasteiger partial charge in [0.1, 0.15) is 0 Å². The Balaban J connectivity index is 3.22. The van der Waals surface area contributed by atoms with Crippen molar-refractivity contribution in [3.63, 3.8) is 0 Å². The molecule has 0 rings (SSSR count). The van der Waals surface area contributed by atoms with Crippen LogP contribution in [-0.2, 0) is 0 Å². The van der Waals surface area contributed by atoms with Gasteiger partial charge >= 0.3 is 0 Å². The highest BCUT2D eigenvalue weighted by molar-refractivity contribution is 6.19. The highest BCUT2D eigenvalue weighted by atomic mass is 35.5. The third-order valence-electron chi connectivity index (χ3n) is 0.431. The van der Waals surface area contributed by atoms with Gasteiger partial charge in [0, 0.05) is 5.88 Å². The first kappa shape index (κ1) is 5.83. The summed E-state index contributed by atoms with van der Waals surface area (Å²) in [5, 5.41) is 8.09. The largest absolute Gasteiger partial charge is 0.516 e. The zero-order valence-corrected chi connectivity index (χ0v) is 4.37. The number of allylic oxidation sites excluding steroid dienone is 1. The molecule has 1 nitrogen and oxygen atoms in total. The van der Waals surface area contributed by atoms with E-state index >= 15 is 0 Å². The van der Waals surface area contributed by atoms with E-state index < -0.39 is 0 Å². The van der Waals surface area contributed by atoms with E-state index in [1.165, 1.54) is 0 Å². The summed E-state index contributed by atoms with van der Waals surface area (Å²) in [6, 6.07) is 0. The average molecular weight is 107 g/mol. The Morgan fingerprint density at radius 2 is 2.50 bits per heavy atom. The minimum atomic E-state index is 0.413. The predicted molar refractivity (Wildman–Crippen MR) is 27.1 cm³/mol. The summed E-state index contributed by atoms with van der Waals surface area (Å²) >= 11 is 5.22. The van der Waals surface area contributed by atoms with Crippen molar-refractivity contribution < 1.29 is 5.11 Å². The van der Waals surface area contributed by atoms with Gasteiger partial charge in [-0.1, -0.05) is 0 Å². The van der Waals surface area contributed by atoms with Crippen LogP contribution in [0.25, 0.3) is 0 Å². The van der Waals surface area contributed by atoms with Crippen LogP contribution in [0, 0.1) is 0 Å². The maximum absolute atomic E-state index is 8.09. The number of hydrogen-bond acceptors (Lipinski definition) is 1. The molecular weight excluding hydrogens is 99.5 g/mol. The fourth-order valence-corrected chi connectivity index (χ4v) is 0.104. The first-order chi connectivity index (χ1) is 2.81. The molecule has 0 atom stereocenters. The molecule has 0 bridgehead atoms. The van der Waals surface area contributed by atoms with E-state index in [2.05, 4.69) is 0 Å². The Bertz CT molecular complexity index is 58.6. The lowest BCUT2D eigenvalue weighted by atomic mass is 10.4. The van der Waals surface area contributed by atoms with E-state index in [0.29, 0.717) is 5.88 Å². The second-order valence-corrected chi connectivity index (χ2v) is 1.38. The Labute approximate surface area is 42.2 Å². The topological polar surface area (TPSA) is 20.2 Å².